The molecule has 168 valence electrons. The average Bonchev–Trinajstić information content (AvgIpc) is 3.30. The van der Waals surface area contributed by atoms with Gasteiger partial charge in [-0.3, -0.25) is 9.59 Å². The summed E-state index contributed by atoms with van der Waals surface area (Å²) < 4.78 is 5.76. The van der Waals surface area contributed by atoms with E-state index in [4.69, 9.17) is 4.74 Å². The molecule has 0 aliphatic carbocycles. The number of aromatic nitrogens is 2. The molecule has 2 aromatic heterocycles. The number of anilines is 1. The van der Waals surface area contributed by atoms with Crippen molar-refractivity contribution in [1.82, 2.24) is 9.97 Å². The predicted octanol–water partition coefficient (Wildman–Crippen LogP) is 6.17. The van der Waals surface area contributed by atoms with E-state index in [9.17, 15) is 9.59 Å². The quantitative estimate of drug-likeness (QED) is 0.213. The van der Waals surface area contributed by atoms with Gasteiger partial charge in [0.05, 0.1) is 11.1 Å². The largest absolute Gasteiger partial charge is 0.457 e. The zero-order chi connectivity index (χ0) is 23.3. The van der Waals surface area contributed by atoms with Gasteiger partial charge in [0, 0.05) is 16.6 Å². The van der Waals surface area contributed by atoms with Crippen LogP contribution >= 0.6 is 23.1 Å². The fourth-order valence-corrected chi connectivity index (χ4v) is 5.06. The van der Waals surface area contributed by atoms with Crippen LogP contribution in [0, 0.1) is 0 Å². The number of thioether (sulfide) groups is 1. The second-order valence-electron chi connectivity index (χ2n) is 7.34. The molecule has 34 heavy (non-hydrogen) atoms. The van der Waals surface area contributed by atoms with Crippen LogP contribution in [0.3, 0.4) is 0 Å². The van der Waals surface area contributed by atoms with Crippen LogP contribution < -0.4 is 15.6 Å². The number of carbonyl (C=O) groups is 1. The van der Waals surface area contributed by atoms with Gasteiger partial charge in [-0.15, -0.1) is 11.3 Å². The van der Waals surface area contributed by atoms with Gasteiger partial charge in [-0.25, -0.2) is 4.98 Å². The molecule has 0 unspecified atom stereocenters. The number of nitrogens with one attached hydrogen (secondary N) is 2. The third kappa shape index (κ3) is 5.03. The minimum absolute atomic E-state index is 0.119. The van der Waals surface area contributed by atoms with Crippen LogP contribution in [0.25, 0.3) is 21.3 Å². The number of hydrogen-bond acceptors (Lipinski definition) is 6. The standard InChI is InChI=1S/C26H19N3O3S2/c30-22(27-18-11-13-20(14-12-18)32-19-9-5-2-6-10-19)16-34-26-28-24(31)23-21(15-33-25(23)29-26)17-7-3-1-4-8-17/h1-15H,16H2,(H,27,30)(H,28,29,31). The molecule has 5 rings (SSSR count). The van der Waals surface area contributed by atoms with Gasteiger partial charge in [0.2, 0.25) is 5.91 Å². The fraction of sp³-hybridized carbons (Fsp3) is 0.0385. The number of rotatable bonds is 7. The molecule has 0 aliphatic heterocycles. The van der Waals surface area contributed by atoms with E-state index in [1.807, 2.05) is 66.0 Å². The molecule has 1 amide bonds. The predicted molar refractivity (Wildman–Crippen MR) is 138 cm³/mol. The van der Waals surface area contributed by atoms with Gasteiger partial charge >= 0.3 is 0 Å². The molecule has 0 spiro atoms. The highest BCUT2D eigenvalue weighted by Gasteiger charge is 2.14. The highest BCUT2D eigenvalue weighted by atomic mass is 32.2. The monoisotopic (exact) mass is 485 g/mol. The number of thiophene rings is 1. The number of para-hydroxylation sites is 1. The van der Waals surface area contributed by atoms with Crippen LogP contribution in [0.5, 0.6) is 11.5 Å². The number of fused-ring (bicyclic) bond motifs is 1. The molecular formula is C26H19N3O3S2. The number of aromatic amines is 1. The number of H-pyrrole nitrogens is 1. The Kier molecular flexibility index (Phi) is 6.42. The van der Waals surface area contributed by atoms with Crippen LogP contribution in [0.4, 0.5) is 5.69 Å². The van der Waals surface area contributed by atoms with Gasteiger partial charge in [0.25, 0.3) is 5.56 Å². The van der Waals surface area contributed by atoms with Crippen molar-refractivity contribution in [3.63, 3.8) is 0 Å². The fourth-order valence-electron chi connectivity index (χ4n) is 3.39. The number of amides is 1. The van der Waals surface area contributed by atoms with Crippen molar-refractivity contribution >= 4 is 44.9 Å². The summed E-state index contributed by atoms with van der Waals surface area (Å²) in [5.41, 5.74) is 2.29. The number of hydrogen-bond donors (Lipinski definition) is 2. The molecule has 2 heterocycles. The lowest BCUT2D eigenvalue weighted by atomic mass is 10.1. The molecule has 5 aromatic rings. The lowest BCUT2D eigenvalue weighted by Gasteiger charge is -2.08. The first kappa shape index (κ1) is 21.9. The van der Waals surface area contributed by atoms with Crippen molar-refractivity contribution in [1.29, 1.82) is 0 Å². The molecular weight excluding hydrogens is 466 g/mol. The van der Waals surface area contributed by atoms with Crippen molar-refractivity contribution in [2.45, 2.75) is 5.16 Å². The van der Waals surface area contributed by atoms with Gasteiger partial charge in [0.1, 0.15) is 16.3 Å². The second kappa shape index (κ2) is 9.94. The van der Waals surface area contributed by atoms with E-state index >= 15 is 0 Å². The Labute approximate surface area is 203 Å². The van der Waals surface area contributed by atoms with Crippen LogP contribution in [0.15, 0.2) is 100 Å². The number of carbonyl (C=O) groups excluding carboxylic acids is 1. The van der Waals surface area contributed by atoms with E-state index in [0.717, 1.165) is 16.9 Å². The summed E-state index contributed by atoms with van der Waals surface area (Å²) in [6.07, 6.45) is 0. The molecule has 0 radical (unpaired) electrons. The number of benzene rings is 3. The van der Waals surface area contributed by atoms with E-state index in [0.29, 0.717) is 26.8 Å². The lowest BCUT2D eigenvalue weighted by molar-refractivity contribution is -0.113. The van der Waals surface area contributed by atoms with Crippen molar-refractivity contribution in [3.8, 4) is 22.6 Å². The Hall–Kier alpha value is -3.88. The van der Waals surface area contributed by atoms with Gasteiger partial charge in [-0.1, -0.05) is 60.3 Å². The Bertz CT molecular complexity index is 1480. The minimum atomic E-state index is -0.206. The first-order chi connectivity index (χ1) is 16.7. The Balaban J connectivity index is 1.21. The lowest BCUT2D eigenvalue weighted by Crippen LogP contribution is -2.15. The molecule has 0 saturated carbocycles. The maximum Gasteiger partial charge on any atom is 0.260 e. The topological polar surface area (TPSA) is 84.1 Å². The summed E-state index contributed by atoms with van der Waals surface area (Å²) in [4.78, 5) is 33.2. The average molecular weight is 486 g/mol. The summed E-state index contributed by atoms with van der Waals surface area (Å²) in [6, 6.07) is 26.4. The summed E-state index contributed by atoms with van der Waals surface area (Å²) in [5.74, 6) is 1.35. The highest BCUT2D eigenvalue weighted by Crippen LogP contribution is 2.31. The normalized spacial score (nSPS) is 10.8. The van der Waals surface area contributed by atoms with Crippen molar-refractivity contribution in [3.05, 3.63) is 101 Å². The number of nitrogens with zero attached hydrogens (tertiary/aromatic N) is 1. The molecule has 0 atom stereocenters. The molecule has 0 aliphatic rings. The summed E-state index contributed by atoms with van der Waals surface area (Å²) in [7, 11) is 0. The van der Waals surface area contributed by atoms with Gasteiger partial charge in [0.15, 0.2) is 5.16 Å². The first-order valence-corrected chi connectivity index (χ1v) is 12.3. The zero-order valence-electron chi connectivity index (χ0n) is 17.9. The van der Waals surface area contributed by atoms with Crippen LogP contribution in [-0.2, 0) is 4.79 Å². The van der Waals surface area contributed by atoms with Gasteiger partial charge in [-0.05, 0) is 42.0 Å². The Morgan fingerprint density at radius 1 is 0.941 bits per heavy atom. The first-order valence-electron chi connectivity index (χ1n) is 10.5. The maximum atomic E-state index is 12.7. The minimum Gasteiger partial charge on any atom is -0.457 e. The SMILES string of the molecule is O=C(CSc1nc2scc(-c3ccccc3)c2c(=O)[nH]1)Nc1ccc(Oc2ccccc2)cc1. The summed E-state index contributed by atoms with van der Waals surface area (Å²) in [5, 5.41) is 5.78. The third-order valence-electron chi connectivity index (χ3n) is 4.96. The van der Waals surface area contributed by atoms with Gasteiger partial charge < -0.3 is 15.0 Å². The van der Waals surface area contributed by atoms with Crippen LogP contribution in [0.1, 0.15) is 0 Å². The highest BCUT2D eigenvalue weighted by molar-refractivity contribution is 7.99. The van der Waals surface area contributed by atoms with E-state index < -0.39 is 0 Å². The van der Waals surface area contributed by atoms with E-state index in [-0.39, 0.29) is 17.2 Å². The Morgan fingerprint density at radius 2 is 1.62 bits per heavy atom. The zero-order valence-corrected chi connectivity index (χ0v) is 19.5. The van der Waals surface area contributed by atoms with Crippen molar-refractivity contribution in [2.75, 3.05) is 11.1 Å². The molecule has 0 bridgehead atoms. The van der Waals surface area contributed by atoms with E-state index in [1.54, 1.807) is 24.3 Å². The number of ether oxygens (including phenoxy) is 1. The van der Waals surface area contributed by atoms with E-state index in [1.165, 1.54) is 23.1 Å². The summed E-state index contributed by atoms with van der Waals surface area (Å²) in [6.45, 7) is 0. The molecule has 3 aromatic carbocycles. The van der Waals surface area contributed by atoms with E-state index in [2.05, 4.69) is 15.3 Å². The maximum absolute atomic E-state index is 12.7. The van der Waals surface area contributed by atoms with Crippen molar-refractivity contribution in [2.24, 2.45) is 0 Å². The van der Waals surface area contributed by atoms with Gasteiger partial charge in [-0.2, -0.15) is 0 Å². The van der Waals surface area contributed by atoms with Crippen LogP contribution in [-0.4, -0.2) is 21.6 Å². The van der Waals surface area contributed by atoms with Crippen LogP contribution in [0.2, 0.25) is 0 Å². The van der Waals surface area contributed by atoms with Crippen molar-refractivity contribution < 1.29 is 9.53 Å². The summed E-state index contributed by atoms with van der Waals surface area (Å²) >= 11 is 2.61. The Morgan fingerprint density at radius 3 is 2.35 bits per heavy atom. The third-order valence-corrected chi connectivity index (χ3v) is 6.71. The molecule has 0 fully saturated rings. The molecule has 8 heteroatoms. The smallest absolute Gasteiger partial charge is 0.260 e. The molecule has 2 N–H and O–H groups in total. The molecule has 6 nitrogen and oxygen atoms in total. The second-order valence-corrected chi connectivity index (χ2v) is 9.17. The molecule has 0 saturated heterocycles.